The minimum Gasteiger partial charge on any atom is -0.489 e. The average Bonchev–Trinajstić information content (AvgIpc) is 2.83. The fraction of sp³-hybridized carbons (Fsp3) is 0.0769. The maximum absolute atomic E-state index is 12.9. The number of allylic oxidation sites excluding steroid dienone is 1. The van der Waals surface area contributed by atoms with Crippen LogP contribution >= 0.6 is 12.2 Å². The Morgan fingerprint density at radius 3 is 2.41 bits per heavy atom. The quantitative estimate of drug-likeness (QED) is 0.354. The van der Waals surface area contributed by atoms with Gasteiger partial charge in [-0.25, -0.2) is 0 Å². The van der Waals surface area contributed by atoms with E-state index in [2.05, 4.69) is 21.4 Å². The van der Waals surface area contributed by atoms with E-state index < -0.39 is 0 Å². The molecule has 3 N–H and O–H groups in total. The van der Waals surface area contributed by atoms with Crippen LogP contribution in [0.5, 0.6) is 5.75 Å². The Balaban J connectivity index is 1.54. The van der Waals surface area contributed by atoms with Gasteiger partial charge in [-0.3, -0.25) is 9.78 Å². The average molecular weight is 440 g/mol. The first kappa shape index (κ1) is 20.0. The zero-order chi connectivity index (χ0) is 21.9. The van der Waals surface area contributed by atoms with Crippen molar-refractivity contribution >= 4 is 23.7 Å². The molecule has 0 saturated heterocycles. The highest BCUT2D eigenvalue weighted by atomic mass is 32.1. The molecule has 0 amide bonds. The number of H-pyrrole nitrogens is 2. The number of hydrogen-bond donors (Lipinski definition) is 3. The monoisotopic (exact) mass is 439 g/mol. The van der Waals surface area contributed by atoms with Crippen molar-refractivity contribution in [3.05, 3.63) is 128 Å². The molecule has 0 aliphatic carbocycles. The summed E-state index contributed by atoms with van der Waals surface area (Å²) in [6.45, 7) is 0.478. The molecule has 1 aliphatic heterocycles. The summed E-state index contributed by atoms with van der Waals surface area (Å²) >= 11 is 5.21. The van der Waals surface area contributed by atoms with Gasteiger partial charge in [0, 0.05) is 11.6 Å². The molecule has 0 fully saturated rings. The summed E-state index contributed by atoms with van der Waals surface area (Å²) in [4.78, 5) is 18.7. The van der Waals surface area contributed by atoms with Gasteiger partial charge in [-0.2, -0.15) is 0 Å². The molecule has 0 saturated carbocycles. The summed E-state index contributed by atoms with van der Waals surface area (Å²) in [5.74, 6) is 1.10. The Kier molecular flexibility index (Phi) is 5.44. The van der Waals surface area contributed by atoms with Crippen LogP contribution in [-0.4, -0.2) is 9.97 Å². The molecule has 2 heterocycles. The van der Waals surface area contributed by atoms with Crippen LogP contribution in [0.25, 0.3) is 5.70 Å². The van der Waals surface area contributed by atoms with Crippen LogP contribution in [0.1, 0.15) is 28.2 Å². The summed E-state index contributed by atoms with van der Waals surface area (Å²) in [6, 6.07) is 27.9. The van der Waals surface area contributed by atoms with E-state index in [1.165, 1.54) is 0 Å². The normalized spacial score (nSPS) is 14.8. The number of nitrogens with one attached hydrogen (secondary N) is 3. The topological polar surface area (TPSA) is 69.9 Å². The predicted molar refractivity (Wildman–Crippen MR) is 129 cm³/mol. The first-order chi connectivity index (χ1) is 15.7. The standard InChI is InChI=1S/C26H21N3O2S/c30-25-23-21(19-12-7-13-20(14-19)31-16-17-8-3-1-4-9-17)15-22(18-10-5-2-6-11-18)27-24(23)28-26(32)29-25/h1-15,21H,16H2,(H3,27,28,29,30,32). The first-order valence-corrected chi connectivity index (χ1v) is 10.8. The van der Waals surface area contributed by atoms with Crippen LogP contribution < -0.4 is 15.6 Å². The zero-order valence-corrected chi connectivity index (χ0v) is 18.0. The lowest BCUT2D eigenvalue weighted by molar-refractivity contribution is 0.306. The zero-order valence-electron chi connectivity index (χ0n) is 17.2. The van der Waals surface area contributed by atoms with Gasteiger partial charge in [0.25, 0.3) is 5.56 Å². The van der Waals surface area contributed by atoms with Gasteiger partial charge in [-0.15, -0.1) is 0 Å². The van der Waals surface area contributed by atoms with Crippen LogP contribution in [0.2, 0.25) is 0 Å². The van der Waals surface area contributed by atoms with Crippen LogP contribution in [-0.2, 0) is 6.61 Å². The predicted octanol–water partition coefficient (Wildman–Crippen LogP) is 5.61. The van der Waals surface area contributed by atoms with Gasteiger partial charge in [0.1, 0.15) is 18.2 Å². The van der Waals surface area contributed by atoms with E-state index in [0.717, 1.165) is 28.1 Å². The minimum absolute atomic E-state index is 0.208. The lowest BCUT2D eigenvalue weighted by atomic mass is 9.88. The lowest BCUT2D eigenvalue weighted by Gasteiger charge is -2.25. The molecular weight excluding hydrogens is 418 g/mol. The summed E-state index contributed by atoms with van der Waals surface area (Å²) in [5, 5.41) is 3.34. The van der Waals surface area contributed by atoms with Gasteiger partial charge in [0.15, 0.2) is 4.77 Å². The number of hydrogen-bond acceptors (Lipinski definition) is 4. The summed E-state index contributed by atoms with van der Waals surface area (Å²) in [7, 11) is 0. The number of rotatable bonds is 5. The number of benzene rings is 3. The Labute approximate surface area is 190 Å². The smallest absolute Gasteiger partial charge is 0.257 e. The number of anilines is 1. The van der Waals surface area contributed by atoms with E-state index in [9.17, 15) is 4.79 Å². The first-order valence-electron chi connectivity index (χ1n) is 10.3. The van der Waals surface area contributed by atoms with Crippen LogP contribution in [0.15, 0.2) is 95.8 Å². The van der Waals surface area contributed by atoms with Gasteiger partial charge < -0.3 is 15.0 Å². The highest BCUT2D eigenvalue weighted by molar-refractivity contribution is 7.71. The molecule has 1 atom stereocenters. The van der Waals surface area contributed by atoms with Crippen molar-refractivity contribution in [2.45, 2.75) is 12.5 Å². The molecule has 1 aliphatic rings. The van der Waals surface area contributed by atoms with Crippen molar-refractivity contribution in [1.29, 1.82) is 0 Å². The second kappa shape index (κ2) is 8.69. The van der Waals surface area contributed by atoms with E-state index in [-0.39, 0.29) is 16.2 Å². The third kappa shape index (κ3) is 4.13. The molecule has 158 valence electrons. The van der Waals surface area contributed by atoms with Gasteiger partial charge in [-0.1, -0.05) is 72.8 Å². The molecule has 1 unspecified atom stereocenters. The van der Waals surface area contributed by atoms with Gasteiger partial charge >= 0.3 is 0 Å². The van der Waals surface area contributed by atoms with Crippen molar-refractivity contribution in [3.63, 3.8) is 0 Å². The second-order valence-corrected chi connectivity index (χ2v) is 8.00. The maximum atomic E-state index is 12.9. The molecule has 3 aromatic carbocycles. The largest absolute Gasteiger partial charge is 0.489 e. The highest BCUT2D eigenvalue weighted by Crippen LogP contribution is 2.37. The van der Waals surface area contributed by atoms with Crippen LogP contribution in [0.3, 0.4) is 0 Å². The highest BCUT2D eigenvalue weighted by Gasteiger charge is 2.26. The molecule has 32 heavy (non-hydrogen) atoms. The van der Waals surface area contributed by atoms with Gasteiger partial charge in [0.2, 0.25) is 0 Å². The molecule has 0 radical (unpaired) electrons. The summed E-state index contributed by atoms with van der Waals surface area (Å²) in [5.41, 5.74) is 4.39. The molecule has 4 aromatic rings. The Bertz CT molecular complexity index is 1390. The fourth-order valence-corrected chi connectivity index (χ4v) is 4.10. The van der Waals surface area contributed by atoms with Gasteiger partial charge in [0.05, 0.1) is 5.56 Å². The van der Waals surface area contributed by atoms with E-state index >= 15 is 0 Å². The Morgan fingerprint density at radius 1 is 0.875 bits per heavy atom. The van der Waals surface area contributed by atoms with Crippen molar-refractivity contribution in [1.82, 2.24) is 9.97 Å². The lowest BCUT2D eigenvalue weighted by Crippen LogP contribution is -2.24. The molecule has 6 heteroatoms. The van der Waals surface area contributed by atoms with Crippen molar-refractivity contribution < 1.29 is 4.74 Å². The van der Waals surface area contributed by atoms with E-state index in [0.29, 0.717) is 18.0 Å². The third-order valence-corrected chi connectivity index (χ3v) is 5.64. The number of aromatic amines is 2. The number of ether oxygens (including phenoxy) is 1. The minimum atomic E-state index is -0.266. The van der Waals surface area contributed by atoms with Crippen molar-refractivity contribution in [2.24, 2.45) is 0 Å². The Hall–Kier alpha value is -3.90. The Morgan fingerprint density at radius 2 is 1.62 bits per heavy atom. The van der Waals surface area contributed by atoms with Gasteiger partial charge in [-0.05, 0) is 47.1 Å². The maximum Gasteiger partial charge on any atom is 0.257 e. The van der Waals surface area contributed by atoms with Crippen molar-refractivity contribution in [3.8, 4) is 5.75 Å². The molecule has 0 bridgehead atoms. The third-order valence-electron chi connectivity index (χ3n) is 5.43. The summed E-state index contributed by atoms with van der Waals surface area (Å²) < 4.78 is 6.31. The molecule has 5 nitrogen and oxygen atoms in total. The van der Waals surface area contributed by atoms with E-state index in [1.54, 1.807) is 0 Å². The van der Waals surface area contributed by atoms with Crippen molar-refractivity contribution in [2.75, 3.05) is 5.32 Å². The second-order valence-electron chi connectivity index (χ2n) is 7.59. The van der Waals surface area contributed by atoms with Crippen LogP contribution in [0, 0.1) is 4.77 Å². The van der Waals surface area contributed by atoms with E-state index in [1.807, 2.05) is 84.9 Å². The summed E-state index contributed by atoms with van der Waals surface area (Å²) in [6.07, 6.45) is 2.07. The number of fused-ring (bicyclic) bond motifs is 1. The molecule has 5 rings (SSSR count). The molecule has 1 aromatic heterocycles. The number of aromatic nitrogens is 2. The molecular formula is C26H21N3O2S. The fourth-order valence-electron chi connectivity index (χ4n) is 3.91. The SMILES string of the molecule is O=c1[nH]c(=S)[nH]c2c1C(c1cccc(OCc3ccccc3)c1)C=C(c1ccccc1)N2. The van der Waals surface area contributed by atoms with E-state index in [4.69, 9.17) is 17.0 Å². The van der Waals surface area contributed by atoms with Crippen LogP contribution in [0.4, 0.5) is 5.82 Å². The molecule has 0 spiro atoms.